The van der Waals surface area contributed by atoms with Crippen molar-refractivity contribution in [3.8, 4) is 17.3 Å². The lowest BCUT2D eigenvalue weighted by Gasteiger charge is -2.40. The molecule has 3 N–H and O–H groups in total. The van der Waals surface area contributed by atoms with Crippen molar-refractivity contribution in [3.05, 3.63) is 76.6 Å². The van der Waals surface area contributed by atoms with E-state index in [4.69, 9.17) is 26.2 Å². The van der Waals surface area contributed by atoms with Crippen LogP contribution in [-0.4, -0.2) is 63.3 Å². The first-order valence-electron chi connectivity index (χ1n) is 16.1. The minimum Gasteiger partial charge on any atom is -0.490 e. The molecule has 6 rings (SSSR count). The number of ether oxygens (including phenoxy) is 2. The third-order valence-corrected chi connectivity index (χ3v) is 9.51. The van der Waals surface area contributed by atoms with E-state index in [2.05, 4.69) is 25.2 Å². The average molecular weight is 672 g/mol. The second kappa shape index (κ2) is 14.2. The Kier molecular flexibility index (Phi) is 9.79. The van der Waals surface area contributed by atoms with Gasteiger partial charge in [0.2, 0.25) is 5.91 Å². The van der Waals surface area contributed by atoms with Gasteiger partial charge in [-0.05, 0) is 73.9 Å². The fourth-order valence-electron chi connectivity index (χ4n) is 6.69. The van der Waals surface area contributed by atoms with Crippen LogP contribution >= 0.6 is 11.6 Å². The Bertz CT molecular complexity index is 1880. The lowest BCUT2D eigenvalue weighted by Crippen LogP contribution is -2.61. The SMILES string of the molecule is COCCOc1cc(NC(=O)C2(NC(=O)c3ccc4c(C5CCCC5)c(-c5ncc(Cl)cn5)n(C)c4c3)CCC2)ccc1C=CC(=O)O. The van der Waals surface area contributed by atoms with E-state index in [0.29, 0.717) is 58.8 Å². The molecule has 11 nitrogen and oxygen atoms in total. The van der Waals surface area contributed by atoms with Crippen LogP contribution in [0.2, 0.25) is 5.02 Å². The summed E-state index contributed by atoms with van der Waals surface area (Å²) in [6, 6.07) is 10.7. The van der Waals surface area contributed by atoms with E-state index in [1.54, 1.807) is 37.7 Å². The van der Waals surface area contributed by atoms with Crippen molar-refractivity contribution >= 4 is 52.1 Å². The predicted octanol–water partition coefficient (Wildman–Crippen LogP) is 6.36. The highest BCUT2D eigenvalue weighted by atomic mass is 35.5. The van der Waals surface area contributed by atoms with E-state index in [9.17, 15) is 14.4 Å². The minimum atomic E-state index is -1.09. The number of aliphatic carboxylic acids is 1. The first kappa shape index (κ1) is 33.2. The van der Waals surface area contributed by atoms with Crippen molar-refractivity contribution in [3.63, 3.8) is 0 Å². The molecule has 2 saturated carbocycles. The van der Waals surface area contributed by atoms with Gasteiger partial charge >= 0.3 is 5.97 Å². The molecular formula is C36H38ClN5O6. The van der Waals surface area contributed by atoms with E-state index in [0.717, 1.165) is 41.9 Å². The number of hydrogen-bond donors (Lipinski definition) is 3. The highest BCUT2D eigenvalue weighted by molar-refractivity contribution is 6.30. The third-order valence-electron chi connectivity index (χ3n) is 9.31. The third kappa shape index (κ3) is 6.79. The molecule has 2 aliphatic rings. The van der Waals surface area contributed by atoms with E-state index >= 15 is 0 Å². The smallest absolute Gasteiger partial charge is 0.328 e. The lowest BCUT2D eigenvalue weighted by molar-refractivity contribution is -0.131. The van der Waals surface area contributed by atoms with E-state index in [1.807, 2.05) is 25.2 Å². The average Bonchev–Trinajstić information content (AvgIpc) is 3.69. The van der Waals surface area contributed by atoms with Crippen LogP contribution in [0.25, 0.3) is 28.5 Å². The number of carbonyl (C=O) groups excluding carboxylic acids is 2. The number of carboxylic acids is 1. The summed E-state index contributed by atoms with van der Waals surface area (Å²) in [7, 11) is 3.52. The molecule has 0 atom stereocenters. The Hall–Kier alpha value is -4.74. The number of hydrogen-bond acceptors (Lipinski definition) is 7. The number of nitrogens with zero attached hydrogens (tertiary/aromatic N) is 3. The summed E-state index contributed by atoms with van der Waals surface area (Å²) in [6.07, 6.45) is 11.9. The van der Waals surface area contributed by atoms with Crippen molar-refractivity contribution in [1.29, 1.82) is 0 Å². The van der Waals surface area contributed by atoms with Crippen LogP contribution in [0, 0.1) is 0 Å². The van der Waals surface area contributed by atoms with Gasteiger partial charge in [0, 0.05) is 66.4 Å². The number of benzene rings is 2. The predicted molar refractivity (Wildman–Crippen MR) is 183 cm³/mol. The maximum Gasteiger partial charge on any atom is 0.328 e. The maximum absolute atomic E-state index is 13.8. The van der Waals surface area contributed by atoms with Crippen molar-refractivity contribution in [2.75, 3.05) is 25.6 Å². The molecule has 2 aromatic heterocycles. The van der Waals surface area contributed by atoms with Gasteiger partial charge in [-0.1, -0.05) is 30.5 Å². The highest BCUT2D eigenvalue weighted by Crippen LogP contribution is 2.44. The van der Waals surface area contributed by atoms with E-state index in [1.165, 1.54) is 24.5 Å². The second-order valence-corrected chi connectivity index (χ2v) is 12.8. The van der Waals surface area contributed by atoms with E-state index < -0.39 is 11.5 Å². The number of fused-ring (bicyclic) bond motifs is 1. The molecule has 0 bridgehead atoms. The Balaban J connectivity index is 1.25. The Morgan fingerprint density at radius 1 is 1.06 bits per heavy atom. The maximum atomic E-state index is 13.8. The van der Waals surface area contributed by atoms with Crippen LogP contribution in [0.5, 0.6) is 5.75 Å². The first-order chi connectivity index (χ1) is 23.2. The number of methoxy groups -OCH3 is 1. The van der Waals surface area contributed by atoms with Crippen LogP contribution in [-0.2, 0) is 21.4 Å². The van der Waals surface area contributed by atoms with Crippen molar-refractivity contribution in [2.24, 2.45) is 7.05 Å². The molecule has 4 aromatic rings. The molecule has 0 unspecified atom stereocenters. The molecule has 0 radical (unpaired) electrons. The second-order valence-electron chi connectivity index (χ2n) is 12.4. The quantitative estimate of drug-likeness (QED) is 0.117. The van der Waals surface area contributed by atoms with Crippen LogP contribution in [0.1, 0.15) is 72.3 Å². The topological polar surface area (TPSA) is 145 Å². The molecule has 2 fully saturated rings. The molecule has 250 valence electrons. The zero-order valence-electron chi connectivity index (χ0n) is 26.9. The highest BCUT2D eigenvalue weighted by Gasteiger charge is 2.45. The van der Waals surface area contributed by atoms with Gasteiger partial charge in [-0.2, -0.15) is 0 Å². The molecule has 0 spiro atoms. The van der Waals surface area contributed by atoms with E-state index in [-0.39, 0.29) is 18.4 Å². The van der Waals surface area contributed by atoms with Gasteiger partial charge in [0.1, 0.15) is 17.9 Å². The number of carboxylic acid groups (broad SMARTS) is 1. The summed E-state index contributed by atoms with van der Waals surface area (Å²) >= 11 is 6.10. The molecule has 0 aliphatic heterocycles. The summed E-state index contributed by atoms with van der Waals surface area (Å²) in [4.78, 5) is 47.6. The number of amides is 2. The monoisotopic (exact) mass is 671 g/mol. The zero-order chi connectivity index (χ0) is 33.8. The zero-order valence-corrected chi connectivity index (χ0v) is 27.7. The van der Waals surface area contributed by atoms with Crippen LogP contribution in [0.3, 0.4) is 0 Å². The molecule has 2 aliphatic carbocycles. The molecule has 0 saturated heterocycles. The van der Waals surface area contributed by atoms with Gasteiger partial charge in [0.15, 0.2) is 5.82 Å². The molecule has 2 aromatic carbocycles. The van der Waals surface area contributed by atoms with Crippen molar-refractivity contribution in [2.45, 2.75) is 56.4 Å². The van der Waals surface area contributed by atoms with Crippen LogP contribution in [0.15, 0.2) is 54.9 Å². The molecule has 48 heavy (non-hydrogen) atoms. The lowest BCUT2D eigenvalue weighted by atomic mass is 9.75. The Labute approximate surface area is 283 Å². The molecule has 2 heterocycles. The molecular weight excluding hydrogens is 634 g/mol. The van der Waals surface area contributed by atoms with Gasteiger partial charge in [-0.25, -0.2) is 14.8 Å². The fourth-order valence-corrected chi connectivity index (χ4v) is 6.79. The number of carbonyl (C=O) groups is 3. The van der Waals surface area contributed by atoms with Crippen LogP contribution in [0.4, 0.5) is 5.69 Å². The standard InChI is InChI=1S/C36H38ClN5O6/c1-42-28-18-24(9-12-27(28)31(23-6-3-4-7-23)32(42)33-38-20-25(37)21-39-33)34(45)41-36(14-5-15-36)35(46)40-26-11-8-22(10-13-30(43)44)29(19-26)48-17-16-47-2/h8-13,18-21,23H,3-7,14-17H2,1-2H3,(H,40,46)(H,41,45)(H,43,44). The van der Waals surface area contributed by atoms with Gasteiger partial charge in [0.05, 0.1) is 17.3 Å². The first-order valence-corrected chi connectivity index (χ1v) is 16.5. The van der Waals surface area contributed by atoms with Gasteiger partial charge < -0.3 is 29.8 Å². The largest absolute Gasteiger partial charge is 0.490 e. The number of aryl methyl sites for hydroxylation is 1. The minimum absolute atomic E-state index is 0.240. The summed E-state index contributed by atoms with van der Waals surface area (Å²) < 4.78 is 12.9. The number of rotatable bonds is 12. The number of anilines is 1. The number of nitrogens with one attached hydrogen (secondary N) is 2. The normalized spacial score (nSPS) is 15.8. The van der Waals surface area contributed by atoms with Gasteiger partial charge in [-0.3, -0.25) is 9.59 Å². The van der Waals surface area contributed by atoms with Crippen molar-refractivity contribution < 1.29 is 29.0 Å². The Morgan fingerprint density at radius 3 is 2.48 bits per heavy atom. The summed E-state index contributed by atoms with van der Waals surface area (Å²) in [5.74, 6) is -0.395. The fraction of sp³-hybridized carbons (Fsp3) is 0.361. The number of aromatic nitrogens is 3. The number of halogens is 1. The Morgan fingerprint density at radius 2 is 1.81 bits per heavy atom. The van der Waals surface area contributed by atoms with Crippen LogP contribution < -0.4 is 15.4 Å². The summed E-state index contributed by atoms with van der Waals surface area (Å²) in [5, 5.41) is 16.6. The van der Waals surface area contributed by atoms with Gasteiger partial charge in [0.25, 0.3) is 5.91 Å². The van der Waals surface area contributed by atoms with Crippen molar-refractivity contribution in [1.82, 2.24) is 19.9 Å². The molecule has 2 amide bonds. The van der Waals surface area contributed by atoms with Gasteiger partial charge in [-0.15, -0.1) is 0 Å². The molecule has 12 heteroatoms. The summed E-state index contributed by atoms with van der Waals surface area (Å²) in [5.41, 5.74) is 3.39. The summed E-state index contributed by atoms with van der Waals surface area (Å²) in [6.45, 7) is 0.574.